The summed E-state index contributed by atoms with van der Waals surface area (Å²) in [7, 11) is 0. The van der Waals surface area contributed by atoms with E-state index < -0.39 is 0 Å². The van der Waals surface area contributed by atoms with Gasteiger partial charge in [0.05, 0.1) is 11.2 Å². The predicted octanol–water partition coefficient (Wildman–Crippen LogP) is 16.6. The summed E-state index contributed by atoms with van der Waals surface area (Å²) in [5.74, 6) is 2.45. The second kappa shape index (κ2) is 15.0. The quantitative estimate of drug-likeness (QED) is 0.168. The Morgan fingerprint density at radius 1 is 0.667 bits per heavy atom. The SMILES string of the molecule is CC(CC1C=Cc2c(n(C3=N/c4ccccc4CC/C=C\3c3ccc4c(c3)C(C)(C)c3ccccc3-4)c3ccc4ccccc4c23)C1C)C1Cc2ccccc2-c2ccc3ccccc3c21. The number of hydrogen-bond donors (Lipinski definition) is 0. The van der Waals surface area contributed by atoms with E-state index in [1.807, 2.05) is 0 Å². The molecule has 0 spiro atoms. The summed E-state index contributed by atoms with van der Waals surface area (Å²) in [5.41, 5.74) is 19.9. The molecule has 0 saturated heterocycles. The average Bonchev–Trinajstić information content (AvgIpc) is 3.80. The Labute approximate surface area is 388 Å². The fourth-order valence-electron chi connectivity index (χ4n) is 12.9. The summed E-state index contributed by atoms with van der Waals surface area (Å²) in [5, 5.41) is 6.63. The van der Waals surface area contributed by atoms with E-state index in [0.717, 1.165) is 37.2 Å². The number of aliphatic imine (C=N–C) groups is 1. The number of hydrogen-bond acceptors (Lipinski definition) is 1. The third-order valence-corrected chi connectivity index (χ3v) is 16.3. The summed E-state index contributed by atoms with van der Waals surface area (Å²) in [4.78, 5) is 5.86. The first-order valence-corrected chi connectivity index (χ1v) is 24.3. The third-order valence-electron chi connectivity index (χ3n) is 16.3. The van der Waals surface area contributed by atoms with Gasteiger partial charge in [0.1, 0.15) is 5.84 Å². The van der Waals surface area contributed by atoms with Crippen LogP contribution in [0.25, 0.3) is 66.4 Å². The third kappa shape index (κ3) is 5.90. The maximum atomic E-state index is 5.86. The van der Waals surface area contributed by atoms with Crippen LogP contribution in [0.3, 0.4) is 0 Å². The van der Waals surface area contributed by atoms with Crippen molar-refractivity contribution in [2.24, 2.45) is 16.8 Å². The largest absolute Gasteiger partial charge is 0.297 e. The molecule has 0 bridgehead atoms. The lowest BCUT2D eigenvalue weighted by Crippen LogP contribution is -2.26. The Balaban J connectivity index is 0.981. The zero-order valence-corrected chi connectivity index (χ0v) is 38.4. The van der Waals surface area contributed by atoms with Gasteiger partial charge in [-0.15, -0.1) is 0 Å². The standard InChI is InChI=1S/C64H54N2/c1-39(55-37-45-19-7-9-21-47(45)53-33-28-41-16-5-10-22-48(41)60(53)55)36-44-29-34-54-61-49-23-11-6-17-42(49)31-35-59(61)66(62(54)40(44)2)63-50(25-15-20-43-18-8-14-27-58(43)65-63)46-30-32-52-51-24-12-13-26-56(51)64(3,4)57(52)38-46/h5-14,16-19,21-35,38-40,44,55H,15,20,36-37H2,1-4H3/b50-25-,65-63+. The molecule has 320 valence electrons. The molecular weight excluding hydrogens is 797 g/mol. The molecule has 1 aliphatic heterocycles. The fourth-order valence-corrected chi connectivity index (χ4v) is 12.9. The van der Waals surface area contributed by atoms with Crippen LogP contribution in [0.1, 0.15) is 97.0 Å². The Morgan fingerprint density at radius 3 is 2.21 bits per heavy atom. The number of para-hydroxylation sites is 1. The highest BCUT2D eigenvalue weighted by Gasteiger charge is 2.38. The highest BCUT2D eigenvalue weighted by atomic mass is 15.1. The van der Waals surface area contributed by atoms with Gasteiger partial charge < -0.3 is 0 Å². The molecule has 9 aromatic rings. The van der Waals surface area contributed by atoms with Crippen molar-refractivity contribution in [3.8, 4) is 22.3 Å². The lowest BCUT2D eigenvalue weighted by molar-refractivity contribution is 0.347. The van der Waals surface area contributed by atoms with Crippen LogP contribution in [0.2, 0.25) is 0 Å². The summed E-state index contributed by atoms with van der Waals surface area (Å²) in [6, 6.07) is 61.6. The van der Waals surface area contributed by atoms with Gasteiger partial charge in [-0.25, -0.2) is 4.99 Å². The monoisotopic (exact) mass is 850 g/mol. The lowest BCUT2D eigenvalue weighted by atomic mass is 9.68. The Morgan fingerprint density at radius 2 is 1.35 bits per heavy atom. The second-order valence-electron chi connectivity index (χ2n) is 20.2. The molecule has 0 radical (unpaired) electrons. The highest BCUT2D eigenvalue weighted by molar-refractivity contribution is 6.28. The van der Waals surface area contributed by atoms with Crippen LogP contribution in [0, 0.1) is 11.8 Å². The molecule has 2 heteroatoms. The van der Waals surface area contributed by atoms with Crippen molar-refractivity contribution in [2.45, 2.75) is 70.6 Å². The van der Waals surface area contributed by atoms with Gasteiger partial charge in [-0.2, -0.15) is 0 Å². The first-order chi connectivity index (χ1) is 32.3. The summed E-state index contributed by atoms with van der Waals surface area (Å²) >= 11 is 0. The number of allylic oxidation sites excluding steroid dienone is 3. The minimum atomic E-state index is -0.108. The maximum Gasteiger partial charge on any atom is 0.145 e. The minimum absolute atomic E-state index is 0.108. The van der Waals surface area contributed by atoms with Crippen LogP contribution < -0.4 is 0 Å². The normalized spacial score (nSPS) is 21.0. The molecule has 4 atom stereocenters. The molecule has 1 aromatic heterocycles. The topological polar surface area (TPSA) is 17.3 Å². The molecule has 4 aliphatic rings. The predicted molar refractivity (Wildman–Crippen MR) is 279 cm³/mol. The van der Waals surface area contributed by atoms with Crippen molar-refractivity contribution in [3.05, 3.63) is 221 Å². The van der Waals surface area contributed by atoms with Crippen LogP contribution in [-0.2, 0) is 18.3 Å². The average molecular weight is 851 g/mol. The molecule has 0 saturated carbocycles. The molecule has 0 N–H and O–H groups in total. The Kier molecular flexibility index (Phi) is 8.95. The van der Waals surface area contributed by atoms with Gasteiger partial charge in [-0.3, -0.25) is 4.57 Å². The number of nitrogens with zero attached hydrogens (tertiary/aromatic N) is 2. The maximum absolute atomic E-state index is 5.86. The van der Waals surface area contributed by atoms with Gasteiger partial charge in [0, 0.05) is 33.5 Å². The van der Waals surface area contributed by atoms with E-state index >= 15 is 0 Å². The van der Waals surface area contributed by atoms with Crippen LogP contribution >= 0.6 is 0 Å². The zero-order valence-electron chi connectivity index (χ0n) is 38.4. The van der Waals surface area contributed by atoms with Crippen molar-refractivity contribution in [1.29, 1.82) is 0 Å². The van der Waals surface area contributed by atoms with Gasteiger partial charge in [-0.05, 0) is 139 Å². The van der Waals surface area contributed by atoms with E-state index in [1.165, 1.54) is 105 Å². The smallest absolute Gasteiger partial charge is 0.145 e. The van der Waals surface area contributed by atoms with Gasteiger partial charge in [-0.1, -0.05) is 192 Å². The number of aromatic nitrogens is 1. The Hall–Kier alpha value is -7.03. The van der Waals surface area contributed by atoms with E-state index in [1.54, 1.807) is 0 Å². The molecule has 4 unspecified atom stereocenters. The summed E-state index contributed by atoms with van der Waals surface area (Å²) in [6.07, 6.45) is 11.6. The summed E-state index contributed by atoms with van der Waals surface area (Å²) < 4.78 is 2.61. The van der Waals surface area contributed by atoms with Crippen molar-refractivity contribution >= 4 is 55.6 Å². The van der Waals surface area contributed by atoms with Crippen LogP contribution in [0.4, 0.5) is 5.69 Å². The number of aryl methyl sites for hydroxylation is 1. The van der Waals surface area contributed by atoms with E-state index in [-0.39, 0.29) is 11.3 Å². The van der Waals surface area contributed by atoms with Gasteiger partial charge in [0.15, 0.2) is 0 Å². The van der Waals surface area contributed by atoms with Crippen molar-refractivity contribution in [3.63, 3.8) is 0 Å². The molecule has 66 heavy (non-hydrogen) atoms. The van der Waals surface area contributed by atoms with Crippen molar-refractivity contribution < 1.29 is 0 Å². The van der Waals surface area contributed by atoms with Gasteiger partial charge >= 0.3 is 0 Å². The van der Waals surface area contributed by atoms with Crippen LogP contribution in [-0.4, -0.2) is 10.4 Å². The molecule has 8 aromatic carbocycles. The summed E-state index contributed by atoms with van der Waals surface area (Å²) in [6.45, 7) is 9.82. The first-order valence-electron chi connectivity index (χ1n) is 24.3. The second-order valence-corrected chi connectivity index (χ2v) is 20.2. The molecule has 3 aliphatic carbocycles. The fraction of sp³-hybridized carbons (Fsp3) is 0.203. The molecule has 0 fully saturated rings. The number of rotatable bonds is 4. The van der Waals surface area contributed by atoms with E-state index in [2.05, 4.69) is 214 Å². The number of fused-ring (bicyclic) bond motifs is 14. The lowest BCUT2D eigenvalue weighted by Gasteiger charge is -2.36. The molecule has 2 nitrogen and oxygen atoms in total. The molecule has 0 amide bonds. The number of benzene rings is 8. The molecule has 2 heterocycles. The highest BCUT2D eigenvalue weighted by Crippen LogP contribution is 2.52. The van der Waals surface area contributed by atoms with Crippen LogP contribution in [0.5, 0.6) is 0 Å². The molecule has 13 rings (SSSR count). The van der Waals surface area contributed by atoms with E-state index in [4.69, 9.17) is 4.99 Å². The zero-order chi connectivity index (χ0) is 44.3. The molecular formula is C64H54N2. The van der Waals surface area contributed by atoms with E-state index in [0.29, 0.717) is 17.8 Å². The first kappa shape index (κ1) is 39.3. The van der Waals surface area contributed by atoms with Gasteiger partial charge in [0.2, 0.25) is 0 Å². The minimum Gasteiger partial charge on any atom is -0.297 e. The van der Waals surface area contributed by atoms with Gasteiger partial charge in [0.25, 0.3) is 0 Å². The Bertz CT molecular complexity index is 3570. The van der Waals surface area contributed by atoms with Crippen LogP contribution in [0.15, 0.2) is 181 Å². The van der Waals surface area contributed by atoms with Crippen molar-refractivity contribution in [1.82, 2.24) is 4.57 Å². The van der Waals surface area contributed by atoms with Crippen molar-refractivity contribution in [2.75, 3.05) is 0 Å². The van der Waals surface area contributed by atoms with E-state index in [9.17, 15) is 0 Å².